The third kappa shape index (κ3) is 2.70. The Hall–Kier alpha value is -1.82. The first kappa shape index (κ1) is 14.6. The average Bonchev–Trinajstić information content (AvgIpc) is 2.87. The van der Waals surface area contributed by atoms with Crippen LogP contribution in [0.25, 0.3) is 11.3 Å². The van der Waals surface area contributed by atoms with Crippen molar-refractivity contribution in [2.75, 3.05) is 7.11 Å². The van der Waals surface area contributed by atoms with Crippen LogP contribution in [0.2, 0.25) is 0 Å². The number of aromatic carboxylic acids is 1. The Morgan fingerprint density at radius 2 is 2.10 bits per heavy atom. The number of aromatic nitrogens is 1. The van der Waals surface area contributed by atoms with E-state index in [0.29, 0.717) is 17.1 Å². The summed E-state index contributed by atoms with van der Waals surface area (Å²) in [5, 5.41) is 12.4. The molecule has 2 rings (SSSR count). The molecule has 1 N–H and O–H groups in total. The molecule has 0 bridgehead atoms. The number of benzene rings is 1. The Labute approximate surface area is 124 Å². The smallest absolute Gasteiger partial charge is 0.358 e. The standard InChI is InChI=1S/C14H14BrNO4/c1-7(2)9-4-8(15)5-10(13(9)19-3)12-6-11(14(17)18)16-20-12/h4-7H,1-3H3,(H,17,18). The van der Waals surface area contributed by atoms with Crippen LogP contribution in [-0.4, -0.2) is 23.3 Å². The molecule has 0 aliphatic rings. The van der Waals surface area contributed by atoms with E-state index in [1.165, 1.54) is 6.07 Å². The number of hydrogen-bond acceptors (Lipinski definition) is 4. The van der Waals surface area contributed by atoms with Crippen LogP contribution in [0.1, 0.15) is 35.8 Å². The monoisotopic (exact) mass is 339 g/mol. The predicted molar refractivity (Wildman–Crippen MR) is 77.2 cm³/mol. The summed E-state index contributed by atoms with van der Waals surface area (Å²) in [7, 11) is 1.58. The highest BCUT2D eigenvalue weighted by molar-refractivity contribution is 9.10. The van der Waals surface area contributed by atoms with Gasteiger partial charge in [0.25, 0.3) is 0 Å². The average molecular weight is 340 g/mol. The molecule has 1 aromatic heterocycles. The highest BCUT2D eigenvalue weighted by atomic mass is 79.9. The first-order valence-electron chi connectivity index (χ1n) is 6.01. The maximum atomic E-state index is 10.9. The van der Waals surface area contributed by atoms with Crippen molar-refractivity contribution in [2.24, 2.45) is 0 Å². The van der Waals surface area contributed by atoms with Gasteiger partial charge in [-0.2, -0.15) is 0 Å². The molecule has 0 aliphatic carbocycles. The largest absolute Gasteiger partial charge is 0.496 e. The van der Waals surface area contributed by atoms with Crippen LogP contribution in [-0.2, 0) is 0 Å². The van der Waals surface area contributed by atoms with Gasteiger partial charge in [-0.25, -0.2) is 4.79 Å². The van der Waals surface area contributed by atoms with Crippen LogP contribution in [0.5, 0.6) is 5.75 Å². The topological polar surface area (TPSA) is 72.6 Å². The number of rotatable bonds is 4. The summed E-state index contributed by atoms with van der Waals surface area (Å²) in [5.41, 5.74) is 1.55. The molecule has 0 amide bonds. The van der Waals surface area contributed by atoms with Crippen LogP contribution in [0.4, 0.5) is 0 Å². The lowest BCUT2D eigenvalue weighted by Gasteiger charge is -2.15. The van der Waals surface area contributed by atoms with Crippen molar-refractivity contribution in [3.05, 3.63) is 33.9 Å². The van der Waals surface area contributed by atoms with E-state index in [1.54, 1.807) is 7.11 Å². The first-order chi connectivity index (χ1) is 9.43. The number of ether oxygens (including phenoxy) is 1. The summed E-state index contributed by atoms with van der Waals surface area (Å²) in [6, 6.07) is 5.18. The lowest BCUT2D eigenvalue weighted by molar-refractivity contribution is 0.0686. The minimum absolute atomic E-state index is 0.131. The van der Waals surface area contributed by atoms with Gasteiger partial charge in [0.15, 0.2) is 11.5 Å². The summed E-state index contributed by atoms with van der Waals surface area (Å²) in [4.78, 5) is 10.9. The number of carboxylic acid groups (broad SMARTS) is 1. The van der Waals surface area contributed by atoms with E-state index < -0.39 is 5.97 Å². The van der Waals surface area contributed by atoms with Crippen molar-refractivity contribution in [3.8, 4) is 17.1 Å². The highest BCUT2D eigenvalue weighted by Gasteiger charge is 2.20. The Morgan fingerprint density at radius 1 is 1.40 bits per heavy atom. The third-order valence-electron chi connectivity index (χ3n) is 2.90. The van der Waals surface area contributed by atoms with Gasteiger partial charge in [-0.1, -0.05) is 34.9 Å². The summed E-state index contributed by atoms with van der Waals surface area (Å²) >= 11 is 3.44. The molecule has 0 unspecified atom stereocenters. The number of methoxy groups -OCH3 is 1. The molecule has 0 aliphatic heterocycles. The molecule has 0 fully saturated rings. The minimum Gasteiger partial charge on any atom is -0.496 e. The van der Waals surface area contributed by atoms with E-state index in [0.717, 1.165) is 10.0 Å². The minimum atomic E-state index is -1.13. The van der Waals surface area contributed by atoms with Crippen LogP contribution >= 0.6 is 15.9 Å². The van der Waals surface area contributed by atoms with Gasteiger partial charge in [-0.15, -0.1) is 0 Å². The maximum Gasteiger partial charge on any atom is 0.358 e. The second-order valence-electron chi connectivity index (χ2n) is 4.61. The Morgan fingerprint density at radius 3 is 2.60 bits per heavy atom. The van der Waals surface area contributed by atoms with E-state index in [2.05, 4.69) is 34.9 Å². The van der Waals surface area contributed by atoms with Crippen molar-refractivity contribution >= 4 is 21.9 Å². The van der Waals surface area contributed by atoms with Crippen LogP contribution < -0.4 is 4.74 Å². The number of halogens is 1. The fourth-order valence-corrected chi connectivity index (χ4v) is 2.43. The Bertz CT molecular complexity index is 649. The van der Waals surface area contributed by atoms with Crippen molar-refractivity contribution in [3.63, 3.8) is 0 Å². The number of carboxylic acids is 1. The molecule has 20 heavy (non-hydrogen) atoms. The molecule has 0 atom stereocenters. The van der Waals surface area contributed by atoms with Crippen molar-refractivity contribution in [1.29, 1.82) is 0 Å². The molecule has 0 radical (unpaired) electrons. The lowest BCUT2D eigenvalue weighted by atomic mass is 9.98. The Kier molecular flexibility index (Phi) is 4.13. The summed E-state index contributed by atoms with van der Waals surface area (Å²) in [6.07, 6.45) is 0. The quantitative estimate of drug-likeness (QED) is 0.913. The molecular formula is C14H14BrNO4. The van der Waals surface area contributed by atoms with Gasteiger partial charge in [0.2, 0.25) is 0 Å². The molecule has 1 heterocycles. The fourth-order valence-electron chi connectivity index (χ4n) is 1.96. The molecule has 0 saturated heterocycles. The zero-order valence-electron chi connectivity index (χ0n) is 11.3. The van der Waals surface area contributed by atoms with E-state index >= 15 is 0 Å². The van der Waals surface area contributed by atoms with Crippen molar-refractivity contribution < 1.29 is 19.2 Å². The van der Waals surface area contributed by atoms with Gasteiger partial charge < -0.3 is 14.4 Å². The molecule has 2 aromatic rings. The maximum absolute atomic E-state index is 10.9. The van der Waals surface area contributed by atoms with Gasteiger partial charge in [-0.3, -0.25) is 0 Å². The summed E-state index contributed by atoms with van der Waals surface area (Å²) in [5.74, 6) is 0.153. The predicted octanol–water partition coefficient (Wildman–Crippen LogP) is 3.93. The first-order valence-corrected chi connectivity index (χ1v) is 6.81. The normalized spacial score (nSPS) is 10.8. The lowest BCUT2D eigenvalue weighted by Crippen LogP contribution is -1.97. The number of hydrogen-bond donors (Lipinski definition) is 1. The molecule has 6 heteroatoms. The third-order valence-corrected chi connectivity index (χ3v) is 3.36. The SMILES string of the molecule is COc1c(-c2cc(C(=O)O)no2)cc(Br)cc1C(C)C. The van der Waals surface area contributed by atoms with E-state index in [4.69, 9.17) is 14.4 Å². The van der Waals surface area contributed by atoms with Gasteiger partial charge in [0.05, 0.1) is 12.7 Å². The van der Waals surface area contributed by atoms with E-state index in [1.807, 2.05) is 12.1 Å². The highest BCUT2D eigenvalue weighted by Crippen LogP contribution is 2.39. The van der Waals surface area contributed by atoms with Gasteiger partial charge >= 0.3 is 5.97 Å². The van der Waals surface area contributed by atoms with Gasteiger partial charge in [-0.05, 0) is 23.6 Å². The molecule has 5 nitrogen and oxygen atoms in total. The summed E-state index contributed by atoms with van der Waals surface area (Å²) in [6.45, 7) is 4.11. The molecule has 106 valence electrons. The molecule has 0 saturated carbocycles. The number of nitrogens with zero attached hydrogens (tertiary/aromatic N) is 1. The second-order valence-corrected chi connectivity index (χ2v) is 5.53. The van der Waals surface area contributed by atoms with Crippen LogP contribution in [0.15, 0.2) is 27.2 Å². The molecule has 0 spiro atoms. The zero-order chi connectivity index (χ0) is 14.9. The Balaban J connectivity index is 2.62. The van der Waals surface area contributed by atoms with Crippen LogP contribution in [0, 0.1) is 0 Å². The number of carbonyl (C=O) groups is 1. The van der Waals surface area contributed by atoms with E-state index in [-0.39, 0.29) is 11.6 Å². The van der Waals surface area contributed by atoms with Gasteiger partial charge in [0.1, 0.15) is 5.75 Å². The zero-order valence-corrected chi connectivity index (χ0v) is 12.9. The fraction of sp³-hybridized carbons (Fsp3) is 0.286. The van der Waals surface area contributed by atoms with Crippen molar-refractivity contribution in [1.82, 2.24) is 5.16 Å². The van der Waals surface area contributed by atoms with Crippen LogP contribution in [0.3, 0.4) is 0 Å². The van der Waals surface area contributed by atoms with Crippen molar-refractivity contribution in [2.45, 2.75) is 19.8 Å². The van der Waals surface area contributed by atoms with E-state index in [9.17, 15) is 4.79 Å². The van der Waals surface area contributed by atoms with Gasteiger partial charge in [0, 0.05) is 10.5 Å². The second kappa shape index (κ2) is 5.66. The molecule has 1 aromatic carbocycles. The molecular weight excluding hydrogens is 326 g/mol. The summed E-state index contributed by atoms with van der Waals surface area (Å²) < 4.78 is 11.4.